The molecule has 0 bridgehead atoms. The second-order valence-corrected chi connectivity index (χ2v) is 6.35. The molecular weight excluding hydrogens is 316 g/mol. The highest BCUT2D eigenvalue weighted by Crippen LogP contribution is 2.17. The lowest BCUT2D eigenvalue weighted by atomic mass is 9.96. The van der Waals surface area contributed by atoms with E-state index in [1.807, 2.05) is 19.9 Å². The normalized spacial score (nSPS) is 12.1. The third kappa shape index (κ3) is 4.35. The molecule has 0 N–H and O–H groups in total. The molecule has 0 heterocycles. The van der Waals surface area contributed by atoms with Crippen LogP contribution < -0.4 is 0 Å². The maximum atomic E-state index is 12.2. The average Bonchev–Trinajstić information content (AvgIpc) is 2.39. The Kier molecular flexibility index (Phi) is 6.22. The minimum Gasteiger partial charge on any atom is -0.344 e. The van der Waals surface area contributed by atoms with Gasteiger partial charge in [-0.1, -0.05) is 35.8 Å². The predicted molar refractivity (Wildman–Crippen MR) is 84.2 cm³/mol. The van der Waals surface area contributed by atoms with E-state index in [0.29, 0.717) is 6.54 Å². The van der Waals surface area contributed by atoms with E-state index in [9.17, 15) is 4.79 Å². The van der Waals surface area contributed by atoms with Gasteiger partial charge in [-0.15, -0.1) is 0 Å². The minimum absolute atomic E-state index is 0.0440. The maximum absolute atomic E-state index is 12.2. The zero-order valence-corrected chi connectivity index (χ0v) is 14.1. The molecule has 3 nitrogen and oxygen atoms in total. The molecule has 0 aliphatic heterocycles. The monoisotopic (exact) mass is 336 g/mol. The van der Waals surface area contributed by atoms with E-state index in [2.05, 4.69) is 41.1 Å². The van der Waals surface area contributed by atoms with E-state index in [1.54, 1.807) is 11.9 Å². The molecule has 0 saturated carbocycles. The van der Waals surface area contributed by atoms with Crippen molar-refractivity contribution in [3.05, 3.63) is 33.8 Å². The number of amides is 1. The van der Waals surface area contributed by atoms with Crippen LogP contribution in [0.5, 0.6) is 0 Å². The van der Waals surface area contributed by atoms with Crippen LogP contribution >= 0.6 is 15.9 Å². The Morgan fingerprint density at radius 1 is 1.45 bits per heavy atom. The highest BCUT2D eigenvalue weighted by Gasteiger charge is 2.24. The summed E-state index contributed by atoms with van der Waals surface area (Å²) in [6, 6.07) is 8.26. The van der Waals surface area contributed by atoms with E-state index in [0.717, 1.165) is 10.9 Å². The SMILES string of the molecule is Cc1ccc(Br)cc1CCN(C)C(=O)C(C#N)C(C)C. The van der Waals surface area contributed by atoms with E-state index in [1.165, 1.54) is 11.1 Å². The van der Waals surface area contributed by atoms with Crippen molar-refractivity contribution in [2.75, 3.05) is 13.6 Å². The van der Waals surface area contributed by atoms with Crippen LogP contribution in [0, 0.1) is 30.1 Å². The Labute approximate surface area is 129 Å². The second kappa shape index (κ2) is 7.44. The van der Waals surface area contributed by atoms with Gasteiger partial charge in [0.05, 0.1) is 6.07 Å². The fourth-order valence-corrected chi connectivity index (χ4v) is 2.44. The summed E-state index contributed by atoms with van der Waals surface area (Å²) in [4.78, 5) is 13.8. The first-order chi connectivity index (χ1) is 9.36. The zero-order chi connectivity index (χ0) is 15.3. The van der Waals surface area contributed by atoms with Gasteiger partial charge in [-0.25, -0.2) is 0 Å². The first-order valence-corrected chi connectivity index (χ1v) is 7.55. The Balaban J connectivity index is 2.68. The zero-order valence-electron chi connectivity index (χ0n) is 12.5. The Hall–Kier alpha value is -1.34. The fraction of sp³-hybridized carbons (Fsp3) is 0.500. The predicted octanol–water partition coefficient (Wildman–Crippen LogP) is 3.55. The molecule has 0 fully saturated rings. The third-order valence-corrected chi connectivity index (χ3v) is 3.97. The van der Waals surface area contributed by atoms with Gasteiger partial charge in [0, 0.05) is 18.1 Å². The molecule has 20 heavy (non-hydrogen) atoms. The molecule has 1 aromatic rings. The first-order valence-electron chi connectivity index (χ1n) is 6.76. The molecule has 1 amide bonds. The van der Waals surface area contributed by atoms with Crippen LogP contribution in [0.3, 0.4) is 0 Å². The van der Waals surface area contributed by atoms with Crippen molar-refractivity contribution in [1.29, 1.82) is 5.26 Å². The Morgan fingerprint density at radius 2 is 2.10 bits per heavy atom. The molecule has 0 aliphatic rings. The molecule has 4 heteroatoms. The van der Waals surface area contributed by atoms with Gasteiger partial charge < -0.3 is 4.90 Å². The number of aryl methyl sites for hydroxylation is 1. The molecule has 0 saturated heterocycles. The van der Waals surface area contributed by atoms with Crippen LogP contribution in [0.25, 0.3) is 0 Å². The summed E-state index contributed by atoms with van der Waals surface area (Å²) in [6.07, 6.45) is 0.795. The molecule has 0 aromatic heterocycles. The molecular formula is C16H21BrN2O. The lowest BCUT2D eigenvalue weighted by Gasteiger charge is -2.22. The lowest BCUT2D eigenvalue weighted by molar-refractivity contribution is -0.133. The highest BCUT2D eigenvalue weighted by molar-refractivity contribution is 9.10. The smallest absolute Gasteiger partial charge is 0.239 e. The van der Waals surface area contributed by atoms with Gasteiger partial charge in [-0.3, -0.25) is 4.79 Å². The van der Waals surface area contributed by atoms with Gasteiger partial charge in [0.2, 0.25) is 5.91 Å². The number of hydrogen-bond donors (Lipinski definition) is 0. The van der Waals surface area contributed by atoms with Crippen molar-refractivity contribution >= 4 is 21.8 Å². The van der Waals surface area contributed by atoms with Crippen molar-refractivity contribution in [2.24, 2.45) is 11.8 Å². The van der Waals surface area contributed by atoms with Gasteiger partial charge >= 0.3 is 0 Å². The standard InChI is InChI=1S/C16H21BrN2O/c1-11(2)15(10-18)16(20)19(4)8-7-13-9-14(17)6-5-12(13)3/h5-6,9,11,15H,7-8H2,1-4H3. The minimum atomic E-state index is -0.552. The summed E-state index contributed by atoms with van der Waals surface area (Å²) < 4.78 is 1.05. The van der Waals surface area contributed by atoms with Gasteiger partial charge in [0.1, 0.15) is 5.92 Å². The van der Waals surface area contributed by atoms with Crippen molar-refractivity contribution in [1.82, 2.24) is 4.90 Å². The summed E-state index contributed by atoms with van der Waals surface area (Å²) >= 11 is 3.46. The number of nitrogens with zero attached hydrogens (tertiary/aromatic N) is 2. The van der Waals surface area contributed by atoms with Crippen molar-refractivity contribution in [3.63, 3.8) is 0 Å². The highest BCUT2D eigenvalue weighted by atomic mass is 79.9. The summed E-state index contributed by atoms with van der Waals surface area (Å²) in [7, 11) is 1.77. The molecule has 0 spiro atoms. The van der Waals surface area contributed by atoms with E-state index in [-0.39, 0.29) is 11.8 Å². The van der Waals surface area contributed by atoms with Gasteiger partial charge in [0.25, 0.3) is 0 Å². The van der Waals surface area contributed by atoms with Crippen molar-refractivity contribution in [2.45, 2.75) is 27.2 Å². The Morgan fingerprint density at radius 3 is 2.65 bits per heavy atom. The largest absolute Gasteiger partial charge is 0.344 e. The van der Waals surface area contributed by atoms with Gasteiger partial charge in [-0.2, -0.15) is 5.26 Å². The molecule has 1 rings (SSSR count). The molecule has 1 unspecified atom stereocenters. The van der Waals surface area contributed by atoms with Crippen LogP contribution in [0.2, 0.25) is 0 Å². The van der Waals surface area contributed by atoms with Crippen LogP contribution in [-0.2, 0) is 11.2 Å². The lowest BCUT2D eigenvalue weighted by Crippen LogP contribution is -2.36. The van der Waals surface area contributed by atoms with E-state index in [4.69, 9.17) is 5.26 Å². The molecule has 0 aliphatic carbocycles. The number of hydrogen-bond acceptors (Lipinski definition) is 2. The fourth-order valence-electron chi connectivity index (χ4n) is 2.03. The van der Waals surface area contributed by atoms with Gasteiger partial charge in [0.15, 0.2) is 0 Å². The number of carbonyl (C=O) groups excluding carboxylic acids is 1. The van der Waals surface area contributed by atoms with E-state index >= 15 is 0 Å². The second-order valence-electron chi connectivity index (χ2n) is 5.43. The first kappa shape index (κ1) is 16.7. The Bertz CT molecular complexity index is 520. The summed E-state index contributed by atoms with van der Waals surface area (Å²) in [6.45, 7) is 6.49. The summed E-state index contributed by atoms with van der Waals surface area (Å²) in [5.74, 6) is -0.596. The number of likely N-dealkylation sites (N-methyl/N-ethyl adjacent to an activating group) is 1. The molecule has 0 radical (unpaired) electrons. The number of carbonyl (C=O) groups is 1. The van der Waals surface area contributed by atoms with Crippen LogP contribution in [0.4, 0.5) is 0 Å². The summed E-state index contributed by atoms with van der Waals surface area (Å²) in [5, 5.41) is 9.08. The molecule has 108 valence electrons. The number of rotatable bonds is 5. The molecule has 1 aromatic carbocycles. The number of halogens is 1. The summed E-state index contributed by atoms with van der Waals surface area (Å²) in [5.41, 5.74) is 2.44. The van der Waals surface area contributed by atoms with Crippen molar-refractivity contribution < 1.29 is 4.79 Å². The number of nitriles is 1. The quantitative estimate of drug-likeness (QED) is 0.825. The topological polar surface area (TPSA) is 44.1 Å². The molecule has 1 atom stereocenters. The number of benzene rings is 1. The van der Waals surface area contributed by atoms with Crippen LogP contribution in [0.15, 0.2) is 22.7 Å². The van der Waals surface area contributed by atoms with Gasteiger partial charge in [-0.05, 0) is 42.5 Å². The van der Waals surface area contributed by atoms with Crippen molar-refractivity contribution in [3.8, 4) is 6.07 Å². The maximum Gasteiger partial charge on any atom is 0.239 e. The van der Waals surface area contributed by atoms with Crippen LogP contribution in [-0.4, -0.2) is 24.4 Å². The van der Waals surface area contributed by atoms with Crippen LogP contribution in [0.1, 0.15) is 25.0 Å². The van der Waals surface area contributed by atoms with E-state index < -0.39 is 5.92 Å². The average molecular weight is 337 g/mol. The third-order valence-electron chi connectivity index (χ3n) is 3.48.